The van der Waals surface area contributed by atoms with E-state index in [4.69, 9.17) is 4.74 Å². The lowest BCUT2D eigenvalue weighted by Crippen LogP contribution is -2.42. The average Bonchev–Trinajstić information content (AvgIpc) is 3.29. The molecule has 1 aromatic carbocycles. The van der Waals surface area contributed by atoms with Gasteiger partial charge in [-0.25, -0.2) is 0 Å². The third kappa shape index (κ3) is 4.88. The molecular formula is C18H26N4O2. The fraction of sp³-hybridized carbons (Fsp3) is 0.556. The number of fused-ring (bicyclic) bond motifs is 1. The van der Waals surface area contributed by atoms with Gasteiger partial charge in [-0.2, -0.15) is 0 Å². The minimum Gasteiger partial charge on any atom is -0.488 e. The molecule has 1 aliphatic carbocycles. The second-order valence-electron chi connectivity index (χ2n) is 6.38. The van der Waals surface area contributed by atoms with Crippen molar-refractivity contribution in [3.8, 4) is 5.75 Å². The zero-order valence-electron chi connectivity index (χ0n) is 14.2. The Hall–Kier alpha value is -2.24. The van der Waals surface area contributed by atoms with Gasteiger partial charge in [0.05, 0.1) is 6.54 Å². The maximum atomic E-state index is 11.6. The molecule has 0 spiro atoms. The van der Waals surface area contributed by atoms with Gasteiger partial charge in [0.2, 0.25) is 5.91 Å². The molecule has 3 N–H and O–H groups in total. The van der Waals surface area contributed by atoms with Crippen molar-refractivity contribution in [2.24, 2.45) is 4.99 Å². The van der Waals surface area contributed by atoms with E-state index in [0.29, 0.717) is 19.0 Å². The summed E-state index contributed by atoms with van der Waals surface area (Å²) >= 11 is 0. The van der Waals surface area contributed by atoms with Crippen LogP contribution in [0.2, 0.25) is 0 Å². The van der Waals surface area contributed by atoms with E-state index in [0.717, 1.165) is 43.9 Å². The van der Waals surface area contributed by atoms with Crippen molar-refractivity contribution in [1.82, 2.24) is 16.0 Å². The Bertz CT molecular complexity index is 573. The molecule has 24 heavy (non-hydrogen) atoms. The molecule has 0 saturated heterocycles. The number of rotatable bonds is 7. The van der Waals surface area contributed by atoms with Crippen LogP contribution in [0.15, 0.2) is 29.3 Å². The first-order chi connectivity index (χ1) is 11.7. The molecule has 1 amide bonds. The Labute approximate surface area is 143 Å². The number of nitrogens with zero attached hydrogens (tertiary/aromatic N) is 1. The number of hydrogen-bond donors (Lipinski definition) is 3. The highest BCUT2D eigenvalue weighted by Crippen LogP contribution is 2.27. The van der Waals surface area contributed by atoms with E-state index in [1.807, 2.05) is 18.2 Å². The summed E-state index contributed by atoms with van der Waals surface area (Å²) in [6, 6.07) is 8.59. The number of nitrogens with one attached hydrogen (secondary N) is 3. The minimum absolute atomic E-state index is 0.130. The number of carbonyl (C=O) groups excluding carboxylic acids is 1. The van der Waals surface area contributed by atoms with Gasteiger partial charge in [0.25, 0.3) is 0 Å². The topological polar surface area (TPSA) is 74.8 Å². The Balaban J connectivity index is 1.30. The van der Waals surface area contributed by atoms with Gasteiger partial charge in [-0.15, -0.1) is 0 Å². The monoisotopic (exact) mass is 330 g/mol. The summed E-state index contributed by atoms with van der Waals surface area (Å²) in [6.45, 7) is 1.43. The molecule has 0 bridgehead atoms. The number of aliphatic imine (C=N–C) groups is 1. The zero-order chi connectivity index (χ0) is 16.8. The molecule has 130 valence electrons. The maximum Gasteiger partial charge on any atom is 0.220 e. The second kappa shape index (κ2) is 8.04. The summed E-state index contributed by atoms with van der Waals surface area (Å²) in [7, 11) is 1.75. The number of benzene rings is 1. The summed E-state index contributed by atoms with van der Waals surface area (Å²) in [5.74, 6) is 1.88. The quantitative estimate of drug-likeness (QED) is 0.399. The highest BCUT2D eigenvalue weighted by atomic mass is 16.5. The third-order valence-corrected chi connectivity index (χ3v) is 4.25. The molecule has 1 unspecified atom stereocenters. The van der Waals surface area contributed by atoms with Crippen LogP contribution in [0.1, 0.15) is 31.2 Å². The molecule has 1 aromatic rings. The molecule has 6 heteroatoms. The fourth-order valence-corrected chi connectivity index (χ4v) is 2.78. The first-order valence-corrected chi connectivity index (χ1v) is 8.73. The number of carbonyl (C=O) groups is 1. The summed E-state index contributed by atoms with van der Waals surface area (Å²) in [6.07, 6.45) is 4.67. The van der Waals surface area contributed by atoms with Gasteiger partial charge in [-0.1, -0.05) is 18.2 Å². The predicted molar refractivity (Wildman–Crippen MR) is 94.3 cm³/mol. The van der Waals surface area contributed by atoms with Crippen molar-refractivity contribution < 1.29 is 9.53 Å². The van der Waals surface area contributed by atoms with Crippen LogP contribution >= 0.6 is 0 Å². The minimum atomic E-state index is 0.130. The lowest BCUT2D eigenvalue weighted by Gasteiger charge is -2.15. The van der Waals surface area contributed by atoms with Gasteiger partial charge in [-0.3, -0.25) is 9.79 Å². The van der Waals surface area contributed by atoms with E-state index in [1.165, 1.54) is 5.56 Å². The Kier molecular flexibility index (Phi) is 5.56. The van der Waals surface area contributed by atoms with E-state index in [1.54, 1.807) is 7.05 Å². The van der Waals surface area contributed by atoms with E-state index in [-0.39, 0.29) is 12.0 Å². The van der Waals surface area contributed by atoms with Crippen molar-refractivity contribution in [1.29, 1.82) is 0 Å². The number of para-hydroxylation sites is 1. The molecule has 0 aromatic heterocycles. The van der Waals surface area contributed by atoms with Crippen molar-refractivity contribution >= 4 is 11.9 Å². The van der Waals surface area contributed by atoms with Gasteiger partial charge in [0.15, 0.2) is 5.96 Å². The van der Waals surface area contributed by atoms with Crippen LogP contribution in [0.5, 0.6) is 5.75 Å². The lowest BCUT2D eigenvalue weighted by atomic mass is 10.1. The van der Waals surface area contributed by atoms with E-state index >= 15 is 0 Å². The SMILES string of the molecule is CN=C(NCCCC(=O)NC1CC1)NCC1Cc2ccccc2O1. The average molecular weight is 330 g/mol. The van der Waals surface area contributed by atoms with E-state index in [2.05, 4.69) is 27.0 Å². The van der Waals surface area contributed by atoms with Gasteiger partial charge in [-0.05, 0) is 30.9 Å². The van der Waals surface area contributed by atoms with Crippen LogP contribution in [0, 0.1) is 0 Å². The molecule has 0 radical (unpaired) electrons. The largest absolute Gasteiger partial charge is 0.488 e. The molecule has 1 heterocycles. The number of ether oxygens (including phenoxy) is 1. The van der Waals surface area contributed by atoms with Crippen molar-refractivity contribution in [3.05, 3.63) is 29.8 Å². The highest BCUT2D eigenvalue weighted by molar-refractivity contribution is 5.80. The molecule has 2 aliphatic rings. The first kappa shape index (κ1) is 16.6. The van der Waals surface area contributed by atoms with Crippen LogP contribution in [0.4, 0.5) is 0 Å². The fourth-order valence-electron chi connectivity index (χ4n) is 2.78. The van der Waals surface area contributed by atoms with Crippen LogP contribution in [0.25, 0.3) is 0 Å². The zero-order valence-corrected chi connectivity index (χ0v) is 14.2. The number of amides is 1. The van der Waals surface area contributed by atoms with Crippen molar-refractivity contribution in [3.63, 3.8) is 0 Å². The Morgan fingerprint density at radius 3 is 2.88 bits per heavy atom. The summed E-state index contributed by atoms with van der Waals surface area (Å²) in [5, 5.41) is 9.53. The van der Waals surface area contributed by atoms with Gasteiger partial charge < -0.3 is 20.7 Å². The van der Waals surface area contributed by atoms with Gasteiger partial charge in [0.1, 0.15) is 11.9 Å². The highest BCUT2D eigenvalue weighted by Gasteiger charge is 2.23. The standard InChI is InChI=1S/C18H26N4O2/c1-19-18(20-10-4-7-17(23)22-14-8-9-14)21-12-15-11-13-5-2-3-6-16(13)24-15/h2-3,5-6,14-15H,4,7-12H2,1H3,(H,22,23)(H2,19,20,21). The van der Waals surface area contributed by atoms with Crippen LogP contribution in [-0.4, -0.2) is 44.1 Å². The van der Waals surface area contributed by atoms with Crippen LogP contribution in [-0.2, 0) is 11.2 Å². The third-order valence-electron chi connectivity index (χ3n) is 4.25. The smallest absolute Gasteiger partial charge is 0.220 e. The molecule has 1 fully saturated rings. The van der Waals surface area contributed by atoms with Crippen LogP contribution < -0.4 is 20.7 Å². The predicted octanol–water partition coefficient (Wildman–Crippen LogP) is 1.21. The van der Waals surface area contributed by atoms with Crippen molar-refractivity contribution in [2.45, 2.75) is 44.2 Å². The molecular weight excluding hydrogens is 304 g/mol. The van der Waals surface area contributed by atoms with E-state index < -0.39 is 0 Å². The second-order valence-corrected chi connectivity index (χ2v) is 6.38. The number of hydrogen-bond acceptors (Lipinski definition) is 3. The summed E-state index contributed by atoms with van der Waals surface area (Å²) in [5.41, 5.74) is 1.26. The Morgan fingerprint density at radius 1 is 1.29 bits per heavy atom. The van der Waals surface area contributed by atoms with Crippen LogP contribution in [0.3, 0.4) is 0 Å². The molecule has 1 aliphatic heterocycles. The molecule has 3 rings (SSSR count). The molecule has 1 saturated carbocycles. The summed E-state index contributed by atoms with van der Waals surface area (Å²) in [4.78, 5) is 15.8. The Morgan fingerprint density at radius 2 is 2.12 bits per heavy atom. The maximum absolute atomic E-state index is 11.6. The lowest BCUT2D eigenvalue weighted by molar-refractivity contribution is -0.121. The number of guanidine groups is 1. The summed E-state index contributed by atoms with van der Waals surface area (Å²) < 4.78 is 5.90. The molecule has 6 nitrogen and oxygen atoms in total. The first-order valence-electron chi connectivity index (χ1n) is 8.73. The normalized spacial score (nSPS) is 19.4. The van der Waals surface area contributed by atoms with Gasteiger partial charge >= 0.3 is 0 Å². The van der Waals surface area contributed by atoms with Gasteiger partial charge in [0, 0.05) is 32.5 Å². The van der Waals surface area contributed by atoms with Crippen molar-refractivity contribution in [2.75, 3.05) is 20.1 Å². The van der Waals surface area contributed by atoms with E-state index in [9.17, 15) is 4.79 Å². The molecule has 1 atom stereocenters.